The third kappa shape index (κ3) is 33.5. The fourth-order valence-corrected chi connectivity index (χ4v) is 14.7. The molecule has 0 amide bonds. The molecule has 350 valence electrons. The van der Waals surface area contributed by atoms with E-state index in [4.69, 9.17) is 0 Å². The van der Waals surface area contributed by atoms with Crippen LogP contribution in [0.1, 0.15) is 12.5 Å². The van der Waals surface area contributed by atoms with Crippen LogP contribution in [0.25, 0.3) is 0 Å². The van der Waals surface area contributed by atoms with Gasteiger partial charge in [0.15, 0.2) is 0 Å². The summed E-state index contributed by atoms with van der Waals surface area (Å²) in [5, 5.41) is 0. The van der Waals surface area contributed by atoms with Crippen molar-refractivity contribution in [2.75, 3.05) is 0 Å². The van der Waals surface area contributed by atoms with Gasteiger partial charge in [-0.25, -0.2) is 0 Å². The van der Waals surface area contributed by atoms with Crippen LogP contribution in [0, 0.1) is 11.8 Å². The molecular formula is C45H38As2F12P4Rh2. The SMILES string of the molecule is CC#Cc1ccccc1.FP(F)F.FP(F)F.FP(F)F.FP(F)F.[Rh].[Rh].c1ccc([As](c2ccccc2)c2ccccc2)cc1.c1ccc([As](c2ccccc2)c2ccccc2)cc1. The molecule has 2 radical (unpaired) electrons. The Bertz CT molecular complexity index is 1840. The van der Waals surface area contributed by atoms with Crippen LogP contribution in [0.3, 0.4) is 0 Å². The van der Waals surface area contributed by atoms with Crippen molar-refractivity contribution in [2.45, 2.75) is 6.92 Å². The molecular weight excluding hydrogens is 1250 g/mol. The Morgan fingerprint density at radius 2 is 0.415 bits per heavy atom. The summed E-state index contributed by atoms with van der Waals surface area (Å²) in [5.74, 6) is 5.79. The van der Waals surface area contributed by atoms with E-state index in [1.807, 2.05) is 37.3 Å². The zero-order chi connectivity index (χ0) is 46.7. The first kappa shape index (κ1) is 64.4. The Morgan fingerprint density at radius 3 is 0.554 bits per heavy atom. The average Bonchev–Trinajstić information content (AvgIpc) is 3.27. The van der Waals surface area contributed by atoms with Gasteiger partial charge in [0.2, 0.25) is 0 Å². The number of rotatable bonds is 6. The Balaban J connectivity index is 0. The molecule has 65 heavy (non-hydrogen) atoms. The van der Waals surface area contributed by atoms with Gasteiger partial charge in [-0.2, -0.15) is 50.4 Å². The van der Waals surface area contributed by atoms with Gasteiger partial charge in [-0.15, -0.1) is 5.92 Å². The second-order valence-corrected chi connectivity index (χ2v) is 22.0. The third-order valence-corrected chi connectivity index (χ3v) is 17.4. The van der Waals surface area contributed by atoms with E-state index in [-0.39, 0.29) is 39.0 Å². The van der Waals surface area contributed by atoms with Crippen LogP contribution >= 0.6 is 35.4 Å². The Kier molecular flexibility index (Phi) is 41.2. The minimum atomic E-state index is -4.12. The average molecular weight is 1290 g/mol. The third-order valence-electron chi connectivity index (χ3n) is 7.13. The van der Waals surface area contributed by atoms with Crippen LogP contribution in [0.2, 0.25) is 0 Å². The topological polar surface area (TPSA) is 0 Å². The fraction of sp³-hybridized carbons (Fsp3) is 0.0222. The molecule has 0 aromatic heterocycles. The van der Waals surface area contributed by atoms with E-state index in [0.29, 0.717) is 0 Å². The molecule has 0 nitrogen and oxygen atoms in total. The zero-order valence-electron chi connectivity index (χ0n) is 33.6. The monoisotopic (exact) mass is 1290 g/mol. The van der Waals surface area contributed by atoms with Gasteiger partial charge in [0.25, 0.3) is 0 Å². The molecule has 0 saturated carbocycles. The molecule has 0 aliphatic rings. The Hall–Kier alpha value is -2.66. The summed E-state index contributed by atoms with van der Waals surface area (Å²) in [5.41, 5.74) is 1.08. The first-order valence-corrected chi connectivity index (χ1v) is 27.4. The first-order chi connectivity index (χ1) is 30.3. The number of hydrogen-bond acceptors (Lipinski definition) is 0. The van der Waals surface area contributed by atoms with Gasteiger partial charge in [0.05, 0.1) is 0 Å². The fourth-order valence-electron chi connectivity index (χ4n) is 5.02. The molecule has 7 rings (SSSR count). The molecule has 0 spiro atoms. The molecule has 0 atom stereocenters. The van der Waals surface area contributed by atoms with Gasteiger partial charge < -0.3 is 0 Å². The van der Waals surface area contributed by atoms with Crippen molar-refractivity contribution in [3.63, 3.8) is 0 Å². The van der Waals surface area contributed by atoms with E-state index < -0.39 is 64.7 Å². The summed E-state index contributed by atoms with van der Waals surface area (Å²) in [6, 6.07) is 75.4. The van der Waals surface area contributed by atoms with Gasteiger partial charge in [0.1, 0.15) is 0 Å². The van der Waals surface area contributed by atoms with E-state index in [1.54, 1.807) is 0 Å². The molecule has 0 aliphatic carbocycles. The van der Waals surface area contributed by atoms with Gasteiger partial charge in [-0.3, -0.25) is 0 Å². The van der Waals surface area contributed by atoms with E-state index in [2.05, 4.69) is 194 Å². The van der Waals surface area contributed by atoms with Crippen LogP contribution in [0.15, 0.2) is 212 Å². The van der Waals surface area contributed by atoms with E-state index in [0.717, 1.165) is 5.56 Å². The van der Waals surface area contributed by atoms with E-state index in [9.17, 15) is 50.4 Å². The van der Waals surface area contributed by atoms with Gasteiger partial charge in [0, 0.05) is 44.5 Å². The summed E-state index contributed by atoms with van der Waals surface area (Å²) in [6.07, 6.45) is 0. The molecule has 0 unspecified atom stereocenters. The van der Waals surface area contributed by atoms with Crippen molar-refractivity contribution >= 4 is 90.8 Å². The molecule has 0 bridgehead atoms. The Labute approximate surface area is 413 Å². The van der Waals surface area contributed by atoms with E-state index >= 15 is 0 Å². The van der Waals surface area contributed by atoms with Gasteiger partial charge >= 0.3 is 273 Å². The second-order valence-electron chi connectivity index (χ2n) is 11.2. The van der Waals surface area contributed by atoms with Crippen LogP contribution in [-0.4, -0.2) is 29.3 Å². The molecule has 20 heteroatoms. The van der Waals surface area contributed by atoms with Crippen molar-refractivity contribution in [1.29, 1.82) is 0 Å². The van der Waals surface area contributed by atoms with Gasteiger partial charge in [-0.1, -0.05) is 24.1 Å². The van der Waals surface area contributed by atoms with Crippen LogP contribution in [0.4, 0.5) is 50.4 Å². The summed E-state index contributed by atoms with van der Waals surface area (Å²) in [7, 11) is -16.5. The van der Waals surface area contributed by atoms with E-state index in [1.165, 1.54) is 26.1 Å². The number of benzene rings is 7. The number of hydrogen-bond donors (Lipinski definition) is 0. The molecule has 7 aromatic rings. The molecule has 0 aliphatic heterocycles. The first-order valence-electron chi connectivity index (χ1n) is 17.7. The maximum atomic E-state index is 9.73. The molecule has 7 aromatic carbocycles. The van der Waals surface area contributed by atoms with Crippen LogP contribution in [0.5, 0.6) is 0 Å². The van der Waals surface area contributed by atoms with Crippen molar-refractivity contribution < 1.29 is 89.3 Å². The van der Waals surface area contributed by atoms with Crippen molar-refractivity contribution in [3.8, 4) is 11.8 Å². The van der Waals surface area contributed by atoms with Crippen molar-refractivity contribution in [1.82, 2.24) is 0 Å². The van der Waals surface area contributed by atoms with Crippen molar-refractivity contribution in [2.24, 2.45) is 0 Å². The molecule has 0 N–H and O–H groups in total. The molecule has 0 heterocycles. The quantitative estimate of drug-likeness (QED) is 0.0674. The minimum absolute atomic E-state index is 0. The predicted octanol–water partition coefficient (Wildman–Crippen LogP) is 14.9. The number of halogens is 12. The zero-order valence-corrected chi connectivity index (χ0v) is 44.2. The van der Waals surface area contributed by atoms with Crippen LogP contribution in [-0.2, 0) is 39.0 Å². The standard InChI is InChI=1S/2C18H15As.C9H8.4F3P.2Rh/c2*1-4-10-16(11-5-1)19(17-12-6-2-7-13-17)18-14-8-3-9-15-18;1-2-6-9-7-4-3-5-8-9;4*1-4(2)3;;/h2*1-15H;3-5,7-8H,1H3;;;;;;. The predicted molar refractivity (Wildman–Crippen MR) is 248 cm³/mol. The second kappa shape index (κ2) is 41.5. The van der Waals surface area contributed by atoms with Gasteiger partial charge in [-0.05, 0) is 19.1 Å². The summed E-state index contributed by atoms with van der Waals surface area (Å²) in [4.78, 5) is 0. The molecule has 0 saturated heterocycles. The van der Waals surface area contributed by atoms with Crippen molar-refractivity contribution in [3.05, 3.63) is 218 Å². The molecule has 0 fully saturated rings. The maximum absolute atomic E-state index is 9.73. The summed E-state index contributed by atoms with van der Waals surface area (Å²) in [6.45, 7) is 1.84. The summed E-state index contributed by atoms with van der Waals surface area (Å²) >= 11 is -2.78. The summed E-state index contributed by atoms with van der Waals surface area (Å²) < 4.78 is 126. The van der Waals surface area contributed by atoms with Crippen LogP contribution < -0.4 is 26.1 Å². The Morgan fingerprint density at radius 1 is 0.277 bits per heavy atom. The normalized spacial score (nSPS) is 9.46.